The summed E-state index contributed by atoms with van der Waals surface area (Å²) >= 11 is 0. The molecule has 0 bridgehead atoms. The zero-order chi connectivity index (χ0) is 9.30. The van der Waals surface area contributed by atoms with E-state index in [1.165, 1.54) is 17.6 Å². The largest absolute Gasteiger partial charge is 0.198 e. The quantitative estimate of drug-likeness (QED) is 0.503. The minimum Gasteiger partial charge on any atom is -0.198 e. The number of hydrogen-bond acceptors (Lipinski definition) is 1. The molecule has 0 radical (unpaired) electrons. The van der Waals surface area contributed by atoms with E-state index in [4.69, 9.17) is 5.26 Å². The van der Waals surface area contributed by atoms with Gasteiger partial charge in [-0.25, -0.2) is 0 Å². The first kappa shape index (κ1) is 9.32. The number of nitrogens with zero attached hydrogens (tertiary/aromatic N) is 1. The van der Waals surface area contributed by atoms with Gasteiger partial charge in [-0.1, -0.05) is 25.0 Å². The van der Waals surface area contributed by atoms with Crippen LogP contribution in [-0.2, 0) is 0 Å². The second kappa shape index (κ2) is 3.31. The molecule has 0 saturated heterocycles. The van der Waals surface area contributed by atoms with Gasteiger partial charge in [-0.05, 0) is 32.1 Å². The molecule has 66 valence electrons. The molecule has 1 aliphatic rings. The lowest BCUT2D eigenvalue weighted by atomic mass is 9.72. The summed E-state index contributed by atoms with van der Waals surface area (Å²) in [7, 11) is 0. The summed E-state index contributed by atoms with van der Waals surface area (Å²) < 4.78 is 0. The fourth-order valence-electron chi connectivity index (χ4n) is 2.03. The Hall–Kier alpha value is -0.770. The fraction of sp³-hybridized carbons (Fsp3) is 0.727. The Bertz CT molecular complexity index is 244. The van der Waals surface area contributed by atoms with Gasteiger partial charge < -0.3 is 0 Å². The van der Waals surface area contributed by atoms with E-state index in [2.05, 4.69) is 33.8 Å². The predicted molar refractivity (Wildman–Crippen MR) is 50.4 cm³/mol. The molecule has 0 N–H and O–H groups in total. The Morgan fingerprint density at radius 3 is 2.42 bits per heavy atom. The smallest absolute Gasteiger partial charge is 0.0703 e. The van der Waals surface area contributed by atoms with Crippen LogP contribution in [-0.4, -0.2) is 0 Å². The highest BCUT2D eigenvalue weighted by atomic mass is 14.4. The Morgan fingerprint density at radius 2 is 1.92 bits per heavy atom. The van der Waals surface area contributed by atoms with Crippen LogP contribution < -0.4 is 0 Å². The van der Waals surface area contributed by atoms with Gasteiger partial charge >= 0.3 is 0 Å². The molecule has 0 aromatic heterocycles. The van der Waals surface area contributed by atoms with Gasteiger partial charge in [0.1, 0.15) is 0 Å². The molecule has 1 heteroatoms. The molecule has 1 rings (SSSR count). The lowest BCUT2D eigenvalue weighted by molar-refractivity contribution is 0.310. The number of allylic oxidation sites excluding steroid dienone is 2. The van der Waals surface area contributed by atoms with Crippen molar-refractivity contribution < 1.29 is 0 Å². The van der Waals surface area contributed by atoms with E-state index in [0.717, 1.165) is 0 Å². The number of hydrogen-bond donors (Lipinski definition) is 0. The molecule has 3 atom stereocenters. The first-order valence-corrected chi connectivity index (χ1v) is 4.63. The first-order chi connectivity index (χ1) is 5.57. The molecule has 0 aliphatic heterocycles. The van der Waals surface area contributed by atoms with Crippen molar-refractivity contribution in [2.24, 2.45) is 17.8 Å². The average Bonchev–Trinajstić information content (AvgIpc) is 2.02. The second-order valence-corrected chi connectivity index (χ2v) is 4.11. The van der Waals surface area contributed by atoms with Gasteiger partial charge in [-0.3, -0.25) is 0 Å². The highest BCUT2D eigenvalue weighted by Gasteiger charge is 2.29. The fourth-order valence-corrected chi connectivity index (χ4v) is 2.03. The molecule has 0 fully saturated rings. The minimum atomic E-state index is 0.161. The van der Waals surface area contributed by atoms with Crippen LogP contribution in [0.3, 0.4) is 0 Å². The molecular formula is C11H17N. The van der Waals surface area contributed by atoms with Gasteiger partial charge in [0, 0.05) is 0 Å². The highest BCUT2D eigenvalue weighted by Crippen LogP contribution is 2.37. The van der Waals surface area contributed by atoms with Gasteiger partial charge in [-0.15, -0.1) is 0 Å². The molecule has 1 aliphatic carbocycles. The maximum atomic E-state index is 8.98. The van der Waals surface area contributed by atoms with Gasteiger partial charge in [-0.2, -0.15) is 5.26 Å². The van der Waals surface area contributed by atoms with Gasteiger partial charge in [0.15, 0.2) is 0 Å². The molecule has 0 saturated carbocycles. The van der Waals surface area contributed by atoms with Crippen molar-refractivity contribution in [2.45, 2.75) is 34.1 Å². The summed E-state index contributed by atoms with van der Waals surface area (Å²) in [4.78, 5) is 0. The summed E-state index contributed by atoms with van der Waals surface area (Å²) in [6.45, 7) is 8.69. The Labute approximate surface area is 75.1 Å². The van der Waals surface area contributed by atoms with Crippen molar-refractivity contribution in [3.8, 4) is 6.07 Å². The molecular weight excluding hydrogens is 146 g/mol. The third kappa shape index (κ3) is 1.39. The molecule has 0 amide bonds. The monoisotopic (exact) mass is 163 g/mol. The van der Waals surface area contributed by atoms with Crippen molar-refractivity contribution in [3.05, 3.63) is 11.1 Å². The van der Waals surface area contributed by atoms with Crippen LogP contribution in [0.15, 0.2) is 11.1 Å². The zero-order valence-electron chi connectivity index (χ0n) is 8.39. The maximum absolute atomic E-state index is 8.98. The van der Waals surface area contributed by atoms with Crippen LogP contribution in [0.2, 0.25) is 0 Å². The van der Waals surface area contributed by atoms with Crippen LogP contribution in [0.5, 0.6) is 0 Å². The summed E-state index contributed by atoms with van der Waals surface area (Å²) in [6, 6.07) is 2.41. The summed E-state index contributed by atoms with van der Waals surface area (Å²) in [5, 5.41) is 8.98. The summed E-state index contributed by atoms with van der Waals surface area (Å²) in [5.74, 6) is 1.35. The van der Waals surface area contributed by atoms with E-state index in [9.17, 15) is 0 Å². The summed E-state index contributed by atoms with van der Waals surface area (Å²) in [6.07, 6.45) is 1.17. The molecule has 0 aromatic carbocycles. The van der Waals surface area contributed by atoms with Crippen LogP contribution in [0.1, 0.15) is 34.1 Å². The molecule has 1 nitrogen and oxygen atoms in total. The van der Waals surface area contributed by atoms with Gasteiger partial charge in [0.05, 0.1) is 12.0 Å². The topological polar surface area (TPSA) is 23.8 Å². The first-order valence-electron chi connectivity index (χ1n) is 4.63. The standard InChI is InChI=1S/C11H17N/c1-7-5-8(2)10(4)11(6-12)9(7)3/h7,9,11H,5H2,1-4H3. The molecule has 0 heterocycles. The lowest BCUT2D eigenvalue weighted by Gasteiger charge is -2.31. The van der Waals surface area contributed by atoms with Crippen molar-refractivity contribution in [3.63, 3.8) is 0 Å². The van der Waals surface area contributed by atoms with E-state index in [1.54, 1.807) is 0 Å². The summed E-state index contributed by atoms with van der Waals surface area (Å²) in [5.41, 5.74) is 2.73. The molecule has 3 unspecified atom stereocenters. The van der Waals surface area contributed by atoms with Gasteiger partial charge in [0.2, 0.25) is 0 Å². The van der Waals surface area contributed by atoms with Crippen LogP contribution in [0.4, 0.5) is 0 Å². The van der Waals surface area contributed by atoms with Crippen molar-refractivity contribution >= 4 is 0 Å². The van der Waals surface area contributed by atoms with E-state index < -0.39 is 0 Å². The van der Waals surface area contributed by atoms with Crippen LogP contribution >= 0.6 is 0 Å². The minimum absolute atomic E-state index is 0.161. The highest BCUT2D eigenvalue weighted by molar-refractivity contribution is 5.23. The van der Waals surface area contributed by atoms with E-state index in [-0.39, 0.29) is 5.92 Å². The molecule has 12 heavy (non-hydrogen) atoms. The van der Waals surface area contributed by atoms with Crippen molar-refractivity contribution in [1.29, 1.82) is 5.26 Å². The predicted octanol–water partition coefficient (Wildman–Crippen LogP) is 3.14. The average molecular weight is 163 g/mol. The third-order valence-corrected chi connectivity index (χ3v) is 3.33. The van der Waals surface area contributed by atoms with E-state index in [1.807, 2.05) is 0 Å². The number of rotatable bonds is 0. The third-order valence-electron chi connectivity index (χ3n) is 3.33. The van der Waals surface area contributed by atoms with Crippen molar-refractivity contribution in [1.82, 2.24) is 0 Å². The maximum Gasteiger partial charge on any atom is 0.0703 e. The Balaban J connectivity index is 2.97. The van der Waals surface area contributed by atoms with Crippen LogP contribution in [0, 0.1) is 29.1 Å². The number of nitriles is 1. The van der Waals surface area contributed by atoms with Crippen LogP contribution in [0.25, 0.3) is 0 Å². The molecule has 0 spiro atoms. The Kier molecular flexibility index (Phi) is 2.57. The van der Waals surface area contributed by atoms with Gasteiger partial charge in [0.25, 0.3) is 0 Å². The second-order valence-electron chi connectivity index (χ2n) is 4.11. The zero-order valence-corrected chi connectivity index (χ0v) is 8.39. The SMILES string of the molecule is CC1=C(C)C(C#N)C(C)C(C)C1. The Morgan fingerprint density at radius 1 is 1.33 bits per heavy atom. The van der Waals surface area contributed by atoms with E-state index in [0.29, 0.717) is 11.8 Å². The normalized spacial score (nSPS) is 36.4. The van der Waals surface area contributed by atoms with Crippen molar-refractivity contribution in [2.75, 3.05) is 0 Å². The van der Waals surface area contributed by atoms with E-state index >= 15 is 0 Å². The molecule has 0 aromatic rings. The lowest BCUT2D eigenvalue weighted by Crippen LogP contribution is -2.24.